The fraction of sp³-hybridized carbons (Fsp3) is 1.00. The molecule has 0 aromatic rings. The van der Waals surface area contributed by atoms with Gasteiger partial charge >= 0.3 is 0 Å². The summed E-state index contributed by atoms with van der Waals surface area (Å²) >= 11 is 2.36. The molecule has 72 valence electrons. The Bertz CT molecular complexity index is 130. The van der Waals surface area contributed by atoms with Gasteiger partial charge in [0.05, 0.1) is 0 Å². The molecular formula is C9H19IN2. The van der Waals surface area contributed by atoms with Crippen LogP contribution in [0.5, 0.6) is 0 Å². The van der Waals surface area contributed by atoms with Crippen molar-refractivity contribution in [2.75, 3.05) is 26.7 Å². The van der Waals surface area contributed by atoms with E-state index in [4.69, 9.17) is 0 Å². The Morgan fingerprint density at radius 1 is 1.42 bits per heavy atom. The number of halogens is 1. The Balaban J connectivity index is 2.26. The molecule has 3 heteroatoms. The van der Waals surface area contributed by atoms with Crippen LogP contribution in [0.1, 0.15) is 26.2 Å². The van der Waals surface area contributed by atoms with E-state index in [1.54, 1.807) is 0 Å². The highest BCUT2D eigenvalue weighted by Gasteiger charge is 2.26. The van der Waals surface area contributed by atoms with E-state index in [1.165, 1.54) is 38.9 Å². The third-order valence-corrected chi connectivity index (χ3v) is 3.32. The van der Waals surface area contributed by atoms with Gasteiger partial charge < -0.3 is 5.32 Å². The molecule has 0 aliphatic carbocycles. The lowest BCUT2D eigenvalue weighted by Gasteiger charge is -2.34. The summed E-state index contributed by atoms with van der Waals surface area (Å²) in [4.78, 5) is 0. The third kappa shape index (κ3) is 3.58. The second kappa shape index (κ2) is 4.77. The van der Waals surface area contributed by atoms with Crippen LogP contribution in [0.2, 0.25) is 0 Å². The molecule has 1 aliphatic rings. The fourth-order valence-electron chi connectivity index (χ4n) is 1.70. The monoisotopic (exact) mass is 282 g/mol. The van der Waals surface area contributed by atoms with Crippen molar-refractivity contribution in [3.63, 3.8) is 0 Å². The van der Waals surface area contributed by atoms with Gasteiger partial charge in [0.15, 0.2) is 0 Å². The number of hydrogen-bond acceptors (Lipinski definition) is 2. The minimum absolute atomic E-state index is 0.602. The van der Waals surface area contributed by atoms with Gasteiger partial charge in [-0.2, -0.15) is 0 Å². The summed E-state index contributed by atoms with van der Waals surface area (Å²) in [5.74, 6) is 0. The average Bonchev–Trinajstić information content (AvgIpc) is 2.03. The molecule has 1 saturated heterocycles. The van der Waals surface area contributed by atoms with Gasteiger partial charge in [-0.05, 0) is 44.8 Å². The first-order valence-corrected chi connectivity index (χ1v) is 5.67. The van der Waals surface area contributed by atoms with Crippen LogP contribution in [0.4, 0.5) is 0 Å². The van der Waals surface area contributed by atoms with E-state index in [1.807, 2.05) is 0 Å². The van der Waals surface area contributed by atoms with Gasteiger partial charge in [-0.1, -0.05) is 6.92 Å². The molecule has 1 rings (SSSR count). The van der Waals surface area contributed by atoms with Crippen molar-refractivity contribution in [1.82, 2.24) is 8.43 Å². The van der Waals surface area contributed by atoms with Crippen LogP contribution in [0, 0.1) is 5.41 Å². The highest BCUT2D eigenvalue weighted by atomic mass is 127. The second-order valence-corrected chi connectivity index (χ2v) is 5.79. The molecule has 2 nitrogen and oxygen atoms in total. The SMILES string of the molecule is CN(I)CCC1(C)CCNCC1. The Hall–Kier alpha value is 0.650. The van der Waals surface area contributed by atoms with Crippen molar-refractivity contribution in [2.45, 2.75) is 26.2 Å². The summed E-state index contributed by atoms with van der Waals surface area (Å²) in [6.45, 7) is 6.06. The van der Waals surface area contributed by atoms with Crippen LogP contribution >= 0.6 is 22.9 Å². The minimum Gasteiger partial charge on any atom is -0.317 e. The normalized spacial score (nSPS) is 23.0. The predicted molar refractivity (Wildman–Crippen MR) is 61.5 cm³/mol. The van der Waals surface area contributed by atoms with Crippen molar-refractivity contribution in [2.24, 2.45) is 5.41 Å². The molecule has 1 N–H and O–H groups in total. The lowest BCUT2D eigenvalue weighted by Crippen LogP contribution is -2.36. The van der Waals surface area contributed by atoms with E-state index in [9.17, 15) is 0 Å². The number of rotatable bonds is 3. The molecule has 12 heavy (non-hydrogen) atoms. The van der Waals surface area contributed by atoms with E-state index in [0.29, 0.717) is 5.41 Å². The molecule has 0 amide bonds. The van der Waals surface area contributed by atoms with E-state index in [2.05, 4.69) is 45.3 Å². The van der Waals surface area contributed by atoms with Gasteiger partial charge in [-0.25, -0.2) is 0 Å². The van der Waals surface area contributed by atoms with Crippen LogP contribution in [0.25, 0.3) is 0 Å². The Labute approximate surface area is 89.6 Å². The zero-order chi connectivity index (χ0) is 9.03. The molecule has 0 radical (unpaired) electrons. The third-order valence-electron chi connectivity index (χ3n) is 2.83. The lowest BCUT2D eigenvalue weighted by molar-refractivity contribution is 0.204. The van der Waals surface area contributed by atoms with Gasteiger partial charge in [0.1, 0.15) is 0 Å². The van der Waals surface area contributed by atoms with E-state index in [0.717, 1.165) is 0 Å². The molecule has 0 atom stereocenters. The average molecular weight is 282 g/mol. The van der Waals surface area contributed by atoms with Crippen molar-refractivity contribution in [3.05, 3.63) is 0 Å². The Kier molecular flexibility index (Phi) is 4.26. The summed E-state index contributed by atoms with van der Waals surface area (Å²) in [5, 5.41) is 3.41. The van der Waals surface area contributed by atoms with Crippen LogP contribution in [-0.4, -0.2) is 29.8 Å². The summed E-state index contributed by atoms with van der Waals surface area (Å²) in [5.41, 5.74) is 0.602. The molecule has 0 saturated carbocycles. The maximum absolute atomic E-state index is 3.41. The van der Waals surface area contributed by atoms with Gasteiger partial charge in [0.2, 0.25) is 0 Å². The highest BCUT2D eigenvalue weighted by molar-refractivity contribution is 14.1. The van der Waals surface area contributed by atoms with Crippen LogP contribution in [-0.2, 0) is 0 Å². The number of hydrogen-bond donors (Lipinski definition) is 1. The maximum Gasteiger partial charge on any atom is 0.0198 e. The predicted octanol–water partition coefficient (Wildman–Crippen LogP) is 2.05. The smallest absolute Gasteiger partial charge is 0.0198 e. The first kappa shape index (κ1) is 10.7. The van der Waals surface area contributed by atoms with Crippen LogP contribution in [0.3, 0.4) is 0 Å². The zero-order valence-corrected chi connectivity index (χ0v) is 10.2. The van der Waals surface area contributed by atoms with Crippen molar-refractivity contribution in [1.29, 1.82) is 0 Å². The van der Waals surface area contributed by atoms with Crippen molar-refractivity contribution in [3.8, 4) is 0 Å². The molecule has 1 aliphatic heterocycles. The van der Waals surface area contributed by atoms with Gasteiger partial charge in [-0.15, -0.1) is 0 Å². The maximum atomic E-state index is 3.41. The lowest BCUT2D eigenvalue weighted by atomic mass is 9.78. The first-order valence-electron chi connectivity index (χ1n) is 4.70. The largest absolute Gasteiger partial charge is 0.317 e. The first-order chi connectivity index (χ1) is 5.62. The Morgan fingerprint density at radius 3 is 2.50 bits per heavy atom. The molecular weight excluding hydrogens is 263 g/mol. The topological polar surface area (TPSA) is 15.3 Å². The summed E-state index contributed by atoms with van der Waals surface area (Å²) in [7, 11) is 2.14. The fourth-order valence-corrected chi connectivity index (χ4v) is 1.95. The van der Waals surface area contributed by atoms with E-state index >= 15 is 0 Å². The Morgan fingerprint density at radius 2 is 2.00 bits per heavy atom. The quantitative estimate of drug-likeness (QED) is 0.629. The summed E-state index contributed by atoms with van der Waals surface area (Å²) in [6, 6.07) is 0. The minimum atomic E-state index is 0.602. The van der Waals surface area contributed by atoms with E-state index < -0.39 is 0 Å². The standard InChI is InChI=1S/C9H19IN2/c1-9(5-8-12(2)10)3-6-11-7-4-9/h11H,3-8H2,1-2H3. The van der Waals surface area contributed by atoms with Crippen molar-refractivity contribution < 1.29 is 0 Å². The van der Waals surface area contributed by atoms with Gasteiger partial charge in [-0.3, -0.25) is 3.11 Å². The molecule has 0 aromatic carbocycles. The number of nitrogens with one attached hydrogen (secondary N) is 1. The molecule has 0 aromatic heterocycles. The molecule has 0 spiro atoms. The highest BCUT2D eigenvalue weighted by Crippen LogP contribution is 2.31. The molecule has 0 bridgehead atoms. The molecule has 1 heterocycles. The summed E-state index contributed by atoms with van der Waals surface area (Å²) in [6.07, 6.45) is 4.03. The van der Waals surface area contributed by atoms with Crippen LogP contribution < -0.4 is 5.32 Å². The summed E-state index contributed by atoms with van der Waals surface area (Å²) < 4.78 is 2.26. The van der Waals surface area contributed by atoms with Crippen molar-refractivity contribution >= 4 is 22.9 Å². The van der Waals surface area contributed by atoms with Crippen LogP contribution in [0.15, 0.2) is 0 Å². The van der Waals surface area contributed by atoms with E-state index in [-0.39, 0.29) is 0 Å². The molecule has 0 unspecified atom stereocenters. The zero-order valence-electron chi connectivity index (χ0n) is 8.07. The van der Waals surface area contributed by atoms with Gasteiger partial charge in [0, 0.05) is 29.4 Å². The van der Waals surface area contributed by atoms with Gasteiger partial charge in [0.25, 0.3) is 0 Å². The second-order valence-electron chi connectivity index (χ2n) is 4.14. The number of piperidine rings is 1. The number of nitrogens with zero attached hydrogens (tertiary/aromatic N) is 1. The molecule has 1 fully saturated rings.